The van der Waals surface area contributed by atoms with E-state index in [2.05, 4.69) is 111 Å². The Bertz CT molecular complexity index is 1580. The summed E-state index contributed by atoms with van der Waals surface area (Å²) in [6.45, 7) is 9.46. The van der Waals surface area contributed by atoms with Crippen LogP contribution in [0.15, 0.2) is 78.9 Å². The number of rotatable bonds is 0. The highest BCUT2D eigenvalue weighted by atomic mass is 15.0. The average Bonchev–Trinajstić information content (AvgIpc) is 3.22. The Morgan fingerprint density at radius 2 is 1.23 bits per heavy atom. The lowest BCUT2D eigenvalue weighted by atomic mass is 9.75. The molecule has 1 heteroatoms. The molecule has 0 amide bonds. The number of benzene rings is 4. The summed E-state index contributed by atoms with van der Waals surface area (Å²) in [5, 5.41) is 2.72. The van der Waals surface area contributed by atoms with Crippen molar-refractivity contribution in [2.45, 2.75) is 38.5 Å². The molecule has 1 aliphatic heterocycles. The van der Waals surface area contributed by atoms with E-state index < -0.39 is 0 Å². The van der Waals surface area contributed by atoms with Gasteiger partial charge in [0.25, 0.3) is 0 Å². The van der Waals surface area contributed by atoms with Crippen LogP contribution >= 0.6 is 0 Å². The molecule has 0 saturated carbocycles. The van der Waals surface area contributed by atoms with E-state index in [1.54, 1.807) is 0 Å². The van der Waals surface area contributed by atoms with Crippen LogP contribution in [0.4, 0.5) is 0 Å². The standard InChI is InChI=1S/C30H25N/c1-29(2)22-12-6-5-10-18(22)20-16-21-19-11-9-14-24-28(19)31(27(21)17-25(20)29)26-15-8-7-13-23(26)30(24,3)4/h5-17H,1-4H3. The van der Waals surface area contributed by atoms with Gasteiger partial charge in [-0.1, -0.05) is 88.4 Å². The summed E-state index contributed by atoms with van der Waals surface area (Å²) >= 11 is 0. The lowest BCUT2D eigenvalue weighted by molar-refractivity contribution is 0.630. The van der Waals surface area contributed by atoms with E-state index in [0.29, 0.717) is 0 Å². The van der Waals surface area contributed by atoms with Crippen LogP contribution in [0, 0.1) is 0 Å². The summed E-state index contributed by atoms with van der Waals surface area (Å²) < 4.78 is 2.53. The SMILES string of the molecule is CC1(C)c2ccccc2-c2cc3c4cccc5c4n(c3cc21)-c1ccccc1C5(C)C. The van der Waals surface area contributed by atoms with Crippen molar-refractivity contribution in [1.82, 2.24) is 4.57 Å². The van der Waals surface area contributed by atoms with Crippen molar-refractivity contribution in [3.63, 3.8) is 0 Å². The van der Waals surface area contributed by atoms with E-state index >= 15 is 0 Å². The third kappa shape index (κ3) is 1.89. The second-order valence-corrected chi connectivity index (χ2v) is 10.3. The topological polar surface area (TPSA) is 4.93 Å². The number of para-hydroxylation sites is 2. The molecular weight excluding hydrogens is 374 g/mol. The highest BCUT2D eigenvalue weighted by Crippen LogP contribution is 2.53. The molecule has 1 aliphatic carbocycles. The minimum atomic E-state index is -0.0188. The summed E-state index contributed by atoms with van der Waals surface area (Å²) in [4.78, 5) is 0. The number of hydrogen-bond donors (Lipinski definition) is 0. The first-order valence-corrected chi connectivity index (χ1v) is 11.2. The summed E-state index contributed by atoms with van der Waals surface area (Å²) in [5.41, 5.74) is 12.5. The van der Waals surface area contributed by atoms with E-state index in [1.807, 2.05) is 0 Å². The molecule has 5 aromatic rings. The normalized spacial score (nSPS) is 16.9. The maximum Gasteiger partial charge on any atom is 0.0582 e. The van der Waals surface area contributed by atoms with Crippen LogP contribution in [0.3, 0.4) is 0 Å². The van der Waals surface area contributed by atoms with Gasteiger partial charge < -0.3 is 4.57 Å². The molecule has 1 nitrogen and oxygen atoms in total. The van der Waals surface area contributed by atoms with Gasteiger partial charge in [-0.25, -0.2) is 0 Å². The number of fused-ring (bicyclic) bond motifs is 8. The molecule has 2 aliphatic rings. The number of aromatic nitrogens is 1. The van der Waals surface area contributed by atoms with E-state index in [0.717, 1.165) is 0 Å². The molecule has 0 fully saturated rings. The Labute approximate surface area is 183 Å². The molecule has 0 saturated heterocycles. The molecule has 0 unspecified atom stereocenters. The number of nitrogens with zero attached hydrogens (tertiary/aromatic N) is 1. The van der Waals surface area contributed by atoms with Crippen molar-refractivity contribution in [3.05, 3.63) is 101 Å². The largest absolute Gasteiger partial charge is 0.309 e. The molecule has 0 N–H and O–H groups in total. The van der Waals surface area contributed by atoms with Crippen molar-refractivity contribution in [3.8, 4) is 16.8 Å². The maximum atomic E-state index is 2.53. The van der Waals surface area contributed by atoms with Gasteiger partial charge in [0, 0.05) is 21.6 Å². The average molecular weight is 400 g/mol. The molecule has 150 valence electrons. The zero-order valence-electron chi connectivity index (χ0n) is 18.5. The third-order valence-electron chi connectivity index (χ3n) is 7.98. The molecule has 1 aromatic heterocycles. The van der Waals surface area contributed by atoms with Gasteiger partial charge in [0.15, 0.2) is 0 Å². The molecule has 31 heavy (non-hydrogen) atoms. The van der Waals surface area contributed by atoms with E-state index in [-0.39, 0.29) is 10.8 Å². The minimum Gasteiger partial charge on any atom is -0.309 e. The zero-order chi connectivity index (χ0) is 21.1. The van der Waals surface area contributed by atoms with Crippen molar-refractivity contribution < 1.29 is 0 Å². The smallest absolute Gasteiger partial charge is 0.0582 e. The van der Waals surface area contributed by atoms with Crippen LogP contribution in [0.2, 0.25) is 0 Å². The molecule has 2 heterocycles. The Kier molecular flexibility index (Phi) is 2.96. The Hall–Kier alpha value is -3.32. The lowest BCUT2D eigenvalue weighted by Crippen LogP contribution is -2.26. The quantitative estimate of drug-likeness (QED) is 0.251. The Balaban J connectivity index is 1.71. The fraction of sp³-hybridized carbons (Fsp3) is 0.200. The predicted octanol–water partition coefficient (Wildman–Crippen LogP) is 7.73. The Morgan fingerprint density at radius 1 is 0.548 bits per heavy atom. The molecular formula is C30H25N. The van der Waals surface area contributed by atoms with Gasteiger partial charge in [-0.05, 0) is 51.6 Å². The predicted molar refractivity (Wildman–Crippen MR) is 130 cm³/mol. The van der Waals surface area contributed by atoms with Crippen LogP contribution in [0.5, 0.6) is 0 Å². The van der Waals surface area contributed by atoms with Crippen LogP contribution in [-0.4, -0.2) is 4.57 Å². The zero-order valence-corrected chi connectivity index (χ0v) is 18.5. The molecule has 4 aromatic carbocycles. The van der Waals surface area contributed by atoms with Gasteiger partial charge in [-0.2, -0.15) is 0 Å². The second kappa shape index (κ2) is 5.29. The van der Waals surface area contributed by atoms with Crippen molar-refractivity contribution in [2.75, 3.05) is 0 Å². The first kappa shape index (κ1) is 17.4. The molecule has 0 atom stereocenters. The van der Waals surface area contributed by atoms with Gasteiger partial charge in [0.2, 0.25) is 0 Å². The van der Waals surface area contributed by atoms with Crippen LogP contribution < -0.4 is 0 Å². The molecule has 0 spiro atoms. The number of hydrogen-bond acceptors (Lipinski definition) is 0. The van der Waals surface area contributed by atoms with Gasteiger partial charge in [-0.3, -0.25) is 0 Å². The van der Waals surface area contributed by atoms with Gasteiger partial charge in [0.1, 0.15) is 0 Å². The fourth-order valence-electron chi connectivity index (χ4n) is 6.36. The maximum absolute atomic E-state index is 2.53. The van der Waals surface area contributed by atoms with Gasteiger partial charge >= 0.3 is 0 Å². The summed E-state index contributed by atoms with van der Waals surface area (Å²) in [6.07, 6.45) is 0. The lowest BCUT2D eigenvalue weighted by Gasteiger charge is -2.34. The summed E-state index contributed by atoms with van der Waals surface area (Å²) in [7, 11) is 0. The fourth-order valence-corrected chi connectivity index (χ4v) is 6.36. The molecule has 7 rings (SSSR count). The van der Waals surface area contributed by atoms with Crippen LogP contribution in [0.25, 0.3) is 38.6 Å². The highest BCUT2D eigenvalue weighted by Gasteiger charge is 2.38. The Morgan fingerprint density at radius 3 is 2.06 bits per heavy atom. The van der Waals surface area contributed by atoms with Gasteiger partial charge in [0.05, 0.1) is 16.7 Å². The van der Waals surface area contributed by atoms with E-state index in [1.165, 1.54) is 60.9 Å². The first-order valence-electron chi connectivity index (χ1n) is 11.2. The monoisotopic (exact) mass is 399 g/mol. The van der Waals surface area contributed by atoms with Crippen LogP contribution in [-0.2, 0) is 10.8 Å². The van der Waals surface area contributed by atoms with Crippen molar-refractivity contribution in [2.24, 2.45) is 0 Å². The highest BCUT2D eigenvalue weighted by molar-refractivity contribution is 6.13. The molecule has 0 bridgehead atoms. The third-order valence-corrected chi connectivity index (χ3v) is 7.98. The van der Waals surface area contributed by atoms with E-state index in [4.69, 9.17) is 0 Å². The summed E-state index contributed by atoms with van der Waals surface area (Å²) in [6, 6.07) is 29.7. The first-order chi connectivity index (χ1) is 14.9. The second-order valence-electron chi connectivity index (χ2n) is 10.3. The summed E-state index contributed by atoms with van der Waals surface area (Å²) in [5.74, 6) is 0. The van der Waals surface area contributed by atoms with Crippen molar-refractivity contribution >= 4 is 21.8 Å². The minimum absolute atomic E-state index is 0.00708. The van der Waals surface area contributed by atoms with E-state index in [9.17, 15) is 0 Å². The van der Waals surface area contributed by atoms with Crippen molar-refractivity contribution in [1.29, 1.82) is 0 Å². The van der Waals surface area contributed by atoms with Crippen LogP contribution in [0.1, 0.15) is 49.9 Å². The molecule has 0 radical (unpaired) electrons. The van der Waals surface area contributed by atoms with Gasteiger partial charge in [-0.15, -0.1) is 0 Å².